The molecule has 2 atom stereocenters. The number of ether oxygens (including phenoxy) is 1. The van der Waals surface area contributed by atoms with Crippen LogP contribution in [0.2, 0.25) is 0 Å². The molecule has 0 radical (unpaired) electrons. The Morgan fingerprint density at radius 3 is 1.22 bits per heavy atom. The molecular formula is C52H101NO5. The molecule has 6 nitrogen and oxygen atoms in total. The molecule has 0 bridgehead atoms. The van der Waals surface area contributed by atoms with Crippen molar-refractivity contribution in [3.05, 3.63) is 12.2 Å². The predicted molar refractivity (Wildman–Crippen MR) is 250 cm³/mol. The first-order valence-electron chi connectivity index (χ1n) is 25.9. The van der Waals surface area contributed by atoms with Gasteiger partial charge in [0.25, 0.3) is 0 Å². The molecule has 0 heterocycles. The number of hydrogen-bond acceptors (Lipinski definition) is 5. The van der Waals surface area contributed by atoms with Crippen LogP contribution < -0.4 is 5.32 Å². The molecule has 0 aromatic carbocycles. The number of unbranched alkanes of at least 4 members (excludes halogenated alkanes) is 35. The van der Waals surface area contributed by atoms with Crippen LogP contribution in [0.25, 0.3) is 0 Å². The number of carbonyl (C=O) groups is 2. The van der Waals surface area contributed by atoms with E-state index in [1.165, 1.54) is 173 Å². The third kappa shape index (κ3) is 44.2. The van der Waals surface area contributed by atoms with Crippen molar-refractivity contribution in [1.29, 1.82) is 0 Å². The number of nitrogens with one attached hydrogen (secondary N) is 1. The van der Waals surface area contributed by atoms with Gasteiger partial charge in [-0.05, 0) is 51.4 Å². The summed E-state index contributed by atoms with van der Waals surface area (Å²) in [6.07, 6.45) is 54.7. The molecule has 1 amide bonds. The van der Waals surface area contributed by atoms with E-state index in [0.29, 0.717) is 25.9 Å². The van der Waals surface area contributed by atoms with Crippen LogP contribution in [0.5, 0.6) is 0 Å². The van der Waals surface area contributed by atoms with Crippen LogP contribution in [-0.2, 0) is 14.3 Å². The van der Waals surface area contributed by atoms with Crippen molar-refractivity contribution in [3.63, 3.8) is 0 Å². The van der Waals surface area contributed by atoms with Crippen molar-refractivity contribution < 1.29 is 24.5 Å². The molecule has 0 aliphatic heterocycles. The van der Waals surface area contributed by atoms with Gasteiger partial charge in [-0.25, -0.2) is 0 Å². The van der Waals surface area contributed by atoms with Gasteiger partial charge in [0.15, 0.2) is 0 Å². The minimum absolute atomic E-state index is 0.0310. The Hall–Kier alpha value is -1.40. The fourth-order valence-corrected chi connectivity index (χ4v) is 8.05. The van der Waals surface area contributed by atoms with Crippen LogP contribution in [-0.4, -0.2) is 47.4 Å². The average molecular weight is 820 g/mol. The first kappa shape index (κ1) is 56.6. The van der Waals surface area contributed by atoms with Gasteiger partial charge in [0, 0.05) is 12.8 Å². The summed E-state index contributed by atoms with van der Waals surface area (Å²) in [4.78, 5) is 24.4. The number of esters is 1. The zero-order chi connectivity index (χ0) is 42.3. The number of amides is 1. The lowest BCUT2D eigenvalue weighted by atomic mass is 10.0. The van der Waals surface area contributed by atoms with Crippen molar-refractivity contribution >= 4 is 11.9 Å². The average Bonchev–Trinajstić information content (AvgIpc) is 3.22. The zero-order valence-electron chi connectivity index (χ0n) is 39.0. The lowest BCUT2D eigenvalue weighted by Crippen LogP contribution is -2.45. The van der Waals surface area contributed by atoms with Gasteiger partial charge in [-0.15, -0.1) is 0 Å². The molecule has 2 unspecified atom stereocenters. The number of carbonyl (C=O) groups excluding carboxylic acids is 2. The van der Waals surface area contributed by atoms with Crippen molar-refractivity contribution in [2.24, 2.45) is 0 Å². The SMILES string of the molecule is CCCCCCCCCCCCCCCCCCCCCC(O)C(CO)NC(=O)CCCCCCC/C=C\CCCCOC(=O)CCCCCCCCCCCCC. The highest BCUT2D eigenvalue weighted by Crippen LogP contribution is 2.17. The maximum absolute atomic E-state index is 12.5. The van der Waals surface area contributed by atoms with Gasteiger partial charge >= 0.3 is 5.97 Å². The van der Waals surface area contributed by atoms with Gasteiger partial charge < -0.3 is 20.3 Å². The Bertz CT molecular complexity index is 863. The summed E-state index contributed by atoms with van der Waals surface area (Å²) < 4.78 is 5.42. The molecule has 0 fully saturated rings. The summed E-state index contributed by atoms with van der Waals surface area (Å²) in [5.41, 5.74) is 0. The van der Waals surface area contributed by atoms with Crippen molar-refractivity contribution in [3.8, 4) is 0 Å². The molecule has 0 rings (SSSR count). The Kier molecular flexibility index (Phi) is 47.1. The first-order valence-corrected chi connectivity index (χ1v) is 25.9. The topological polar surface area (TPSA) is 95.9 Å². The minimum atomic E-state index is -0.681. The summed E-state index contributed by atoms with van der Waals surface area (Å²) in [6, 6.07) is -0.561. The second kappa shape index (κ2) is 48.3. The van der Waals surface area contributed by atoms with E-state index in [2.05, 4.69) is 31.3 Å². The van der Waals surface area contributed by atoms with E-state index in [1.54, 1.807) is 0 Å². The van der Waals surface area contributed by atoms with Crippen LogP contribution >= 0.6 is 0 Å². The molecule has 344 valence electrons. The summed E-state index contributed by atoms with van der Waals surface area (Å²) >= 11 is 0. The Morgan fingerprint density at radius 2 is 0.810 bits per heavy atom. The Balaban J connectivity index is 3.51. The Morgan fingerprint density at radius 1 is 0.466 bits per heavy atom. The van der Waals surface area contributed by atoms with E-state index in [0.717, 1.165) is 77.0 Å². The van der Waals surface area contributed by atoms with Gasteiger partial charge in [-0.1, -0.05) is 231 Å². The molecule has 0 aromatic heterocycles. The van der Waals surface area contributed by atoms with Crippen LogP contribution in [0.3, 0.4) is 0 Å². The molecule has 0 spiro atoms. The molecule has 6 heteroatoms. The molecule has 0 saturated heterocycles. The molecule has 58 heavy (non-hydrogen) atoms. The summed E-state index contributed by atoms with van der Waals surface area (Å²) in [5.74, 6) is -0.0927. The van der Waals surface area contributed by atoms with E-state index in [-0.39, 0.29) is 18.5 Å². The highest BCUT2D eigenvalue weighted by molar-refractivity contribution is 5.76. The minimum Gasteiger partial charge on any atom is -0.466 e. The number of aliphatic hydroxyl groups excluding tert-OH is 2. The fraction of sp³-hybridized carbons (Fsp3) is 0.923. The van der Waals surface area contributed by atoms with E-state index in [9.17, 15) is 19.8 Å². The summed E-state index contributed by atoms with van der Waals surface area (Å²) in [6.45, 7) is 4.88. The van der Waals surface area contributed by atoms with Crippen LogP contribution in [0, 0.1) is 0 Å². The second-order valence-corrected chi connectivity index (χ2v) is 17.9. The van der Waals surface area contributed by atoms with Gasteiger partial charge in [0.2, 0.25) is 5.91 Å². The molecule has 0 aliphatic rings. The second-order valence-electron chi connectivity index (χ2n) is 17.9. The van der Waals surface area contributed by atoms with Crippen LogP contribution in [0.4, 0.5) is 0 Å². The summed E-state index contributed by atoms with van der Waals surface area (Å²) in [5, 5.41) is 23.2. The quantitative estimate of drug-likeness (QED) is 0.0323. The van der Waals surface area contributed by atoms with Gasteiger partial charge in [-0.3, -0.25) is 9.59 Å². The van der Waals surface area contributed by atoms with Gasteiger partial charge in [0.05, 0.1) is 25.4 Å². The highest BCUT2D eigenvalue weighted by atomic mass is 16.5. The summed E-state index contributed by atoms with van der Waals surface area (Å²) in [7, 11) is 0. The van der Waals surface area contributed by atoms with Gasteiger partial charge in [0.1, 0.15) is 0 Å². The maximum Gasteiger partial charge on any atom is 0.305 e. The smallest absolute Gasteiger partial charge is 0.305 e. The first-order chi connectivity index (χ1) is 28.5. The van der Waals surface area contributed by atoms with Crippen molar-refractivity contribution in [2.75, 3.05) is 13.2 Å². The predicted octanol–water partition coefficient (Wildman–Crippen LogP) is 15.3. The number of hydrogen-bond donors (Lipinski definition) is 3. The maximum atomic E-state index is 12.5. The Labute approximate surface area is 361 Å². The molecular weight excluding hydrogens is 719 g/mol. The van der Waals surface area contributed by atoms with Gasteiger partial charge in [-0.2, -0.15) is 0 Å². The number of allylic oxidation sites excluding steroid dienone is 2. The zero-order valence-corrected chi connectivity index (χ0v) is 39.0. The van der Waals surface area contributed by atoms with Crippen molar-refractivity contribution in [1.82, 2.24) is 5.32 Å². The lowest BCUT2D eigenvalue weighted by Gasteiger charge is -2.22. The van der Waals surface area contributed by atoms with E-state index < -0.39 is 12.1 Å². The van der Waals surface area contributed by atoms with Crippen molar-refractivity contribution in [2.45, 2.75) is 296 Å². The normalized spacial score (nSPS) is 12.7. The molecule has 0 saturated carbocycles. The standard InChI is InChI=1S/C52H101NO5/c1-3-5-7-9-11-13-15-16-17-18-19-20-21-22-25-28-32-36-40-44-50(55)49(48-54)53-51(56)45-41-37-33-29-26-23-27-31-35-39-43-47-58-52(57)46-42-38-34-30-24-14-12-10-8-6-4-2/h27,31,49-50,54-55H,3-26,28-30,32-48H2,1-2H3,(H,53,56)/b31-27-. The number of aliphatic hydroxyl groups is 2. The molecule has 0 aliphatic carbocycles. The third-order valence-corrected chi connectivity index (χ3v) is 12.1. The van der Waals surface area contributed by atoms with E-state index in [1.807, 2.05) is 0 Å². The largest absolute Gasteiger partial charge is 0.466 e. The fourth-order valence-electron chi connectivity index (χ4n) is 8.05. The number of rotatable bonds is 48. The van der Waals surface area contributed by atoms with E-state index in [4.69, 9.17) is 4.74 Å². The lowest BCUT2D eigenvalue weighted by molar-refractivity contribution is -0.143. The van der Waals surface area contributed by atoms with Crippen LogP contribution in [0.15, 0.2) is 12.2 Å². The monoisotopic (exact) mass is 820 g/mol. The van der Waals surface area contributed by atoms with Crippen LogP contribution in [0.1, 0.15) is 284 Å². The highest BCUT2D eigenvalue weighted by Gasteiger charge is 2.20. The molecule has 3 N–H and O–H groups in total. The van der Waals surface area contributed by atoms with E-state index >= 15 is 0 Å². The third-order valence-electron chi connectivity index (χ3n) is 12.1. The molecule has 0 aromatic rings.